The van der Waals surface area contributed by atoms with Crippen LogP contribution in [0.5, 0.6) is 0 Å². The normalized spacial score (nSPS) is 14.4. The molecule has 8 nitrogen and oxygen atoms in total. The van der Waals surface area contributed by atoms with Crippen molar-refractivity contribution in [1.29, 1.82) is 0 Å². The number of H-pyrrole nitrogens is 2. The van der Waals surface area contributed by atoms with Gasteiger partial charge in [0, 0.05) is 41.6 Å². The maximum Gasteiger partial charge on any atom is 0.161 e. The van der Waals surface area contributed by atoms with E-state index in [1.807, 2.05) is 35.2 Å². The van der Waals surface area contributed by atoms with Crippen molar-refractivity contribution in [3.63, 3.8) is 0 Å². The number of thiophene rings is 1. The molecule has 6 aromatic heterocycles. The number of pyridine rings is 3. The van der Waals surface area contributed by atoms with E-state index in [1.165, 1.54) is 12.8 Å². The van der Waals surface area contributed by atoms with Crippen LogP contribution in [0, 0.1) is 5.82 Å². The van der Waals surface area contributed by atoms with Gasteiger partial charge in [-0.25, -0.2) is 9.37 Å². The molecule has 0 aromatic carbocycles. The number of nitrogens with zero attached hydrogens (tertiary/aromatic N) is 6. The van der Waals surface area contributed by atoms with E-state index in [0.29, 0.717) is 28.0 Å². The molecule has 0 bridgehead atoms. The maximum absolute atomic E-state index is 16.0. The lowest BCUT2D eigenvalue weighted by Gasteiger charge is -2.14. The van der Waals surface area contributed by atoms with E-state index in [-0.39, 0.29) is 5.69 Å². The van der Waals surface area contributed by atoms with Crippen molar-refractivity contribution in [3.05, 3.63) is 65.1 Å². The zero-order chi connectivity index (χ0) is 24.1. The summed E-state index contributed by atoms with van der Waals surface area (Å²) in [5.41, 5.74) is 6.15. The fraction of sp³-hybridized carbons (Fsp3) is 0.192. The fourth-order valence-electron chi connectivity index (χ4n) is 4.91. The number of nitrogens with one attached hydrogen (secondary N) is 2. The number of rotatable bonds is 5. The lowest BCUT2D eigenvalue weighted by molar-refractivity contribution is 0.331. The molecule has 178 valence electrons. The quantitative estimate of drug-likeness (QED) is 0.331. The summed E-state index contributed by atoms with van der Waals surface area (Å²) in [7, 11) is 0. The van der Waals surface area contributed by atoms with Crippen molar-refractivity contribution < 1.29 is 4.39 Å². The standard InChI is InChI=1S/C26H21FN8S/c27-21-20-19(12-30-22(21)17-9-15(10-28-11-17)13-35-6-1-2-7-35)33-34-25(20)26-31-18-3-5-29-23(24(18)32-26)16-4-8-36-14-16/h3-5,8-12,14H,1-2,6-7,13H2,(H,31,32)(H,33,34). The van der Waals surface area contributed by atoms with Crippen molar-refractivity contribution in [2.24, 2.45) is 0 Å². The van der Waals surface area contributed by atoms with Crippen molar-refractivity contribution in [1.82, 2.24) is 40.0 Å². The predicted molar refractivity (Wildman–Crippen MR) is 138 cm³/mol. The van der Waals surface area contributed by atoms with E-state index in [1.54, 1.807) is 29.9 Å². The van der Waals surface area contributed by atoms with Crippen LogP contribution in [0.3, 0.4) is 0 Å². The van der Waals surface area contributed by atoms with E-state index in [2.05, 4.69) is 35.0 Å². The first-order chi connectivity index (χ1) is 17.7. The minimum atomic E-state index is -0.451. The maximum atomic E-state index is 16.0. The Kier molecular flexibility index (Phi) is 5.07. The second kappa shape index (κ2) is 8.58. The van der Waals surface area contributed by atoms with Crippen LogP contribution in [-0.2, 0) is 6.54 Å². The van der Waals surface area contributed by atoms with Gasteiger partial charge in [0.15, 0.2) is 11.6 Å². The first-order valence-corrected chi connectivity index (χ1v) is 12.8. The van der Waals surface area contributed by atoms with Crippen molar-refractivity contribution in [2.45, 2.75) is 19.4 Å². The number of likely N-dealkylation sites (tertiary alicyclic amines) is 1. The Morgan fingerprint density at radius 3 is 2.75 bits per heavy atom. The Bertz CT molecular complexity index is 1700. The van der Waals surface area contributed by atoms with E-state index in [4.69, 9.17) is 4.98 Å². The number of fused-ring (bicyclic) bond motifs is 2. The number of halogens is 1. The van der Waals surface area contributed by atoms with Gasteiger partial charge in [0.2, 0.25) is 0 Å². The van der Waals surface area contributed by atoms with Gasteiger partial charge in [-0.3, -0.25) is 25.0 Å². The molecule has 2 N–H and O–H groups in total. The van der Waals surface area contributed by atoms with Crippen molar-refractivity contribution in [2.75, 3.05) is 13.1 Å². The molecule has 1 aliphatic rings. The summed E-state index contributed by atoms with van der Waals surface area (Å²) in [6.45, 7) is 2.98. The molecule has 0 amide bonds. The zero-order valence-corrected chi connectivity index (χ0v) is 20.0. The molecule has 6 aromatic rings. The van der Waals surface area contributed by atoms with Crippen molar-refractivity contribution >= 4 is 33.3 Å². The lowest BCUT2D eigenvalue weighted by Crippen LogP contribution is -2.18. The molecular weight excluding hydrogens is 475 g/mol. The van der Waals surface area contributed by atoms with Gasteiger partial charge in [-0.1, -0.05) is 0 Å². The van der Waals surface area contributed by atoms with Crippen LogP contribution in [-0.4, -0.2) is 53.1 Å². The molecule has 1 fully saturated rings. The molecule has 0 radical (unpaired) electrons. The number of imidazole rings is 1. The third kappa shape index (κ3) is 3.57. The lowest BCUT2D eigenvalue weighted by atomic mass is 10.1. The first kappa shape index (κ1) is 21.3. The highest BCUT2D eigenvalue weighted by Gasteiger charge is 2.22. The Labute approximate surface area is 209 Å². The fourth-order valence-corrected chi connectivity index (χ4v) is 5.55. The van der Waals surface area contributed by atoms with Crippen LogP contribution >= 0.6 is 11.3 Å². The second-order valence-electron chi connectivity index (χ2n) is 9.00. The predicted octanol–water partition coefficient (Wildman–Crippen LogP) is 5.42. The number of aromatic nitrogens is 7. The van der Waals surface area contributed by atoms with E-state index in [0.717, 1.165) is 47.5 Å². The summed E-state index contributed by atoms with van der Waals surface area (Å²) in [4.78, 5) is 23.8. The van der Waals surface area contributed by atoms with Gasteiger partial charge < -0.3 is 4.98 Å². The molecule has 10 heteroatoms. The molecule has 1 aliphatic heterocycles. The molecule has 0 saturated carbocycles. The van der Waals surface area contributed by atoms with Crippen LogP contribution in [0.2, 0.25) is 0 Å². The van der Waals surface area contributed by atoms with Gasteiger partial charge in [0.05, 0.1) is 28.3 Å². The summed E-state index contributed by atoms with van der Waals surface area (Å²) in [5, 5.41) is 11.7. The Morgan fingerprint density at radius 2 is 1.89 bits per heavy atom. The monoisotopic (exact) mass is 496 g/mol. The Balaban J connectivity index is 1.32. The Morgan fingerprint density at radius 1 is 0.972 bits per heavy atom. The van der Waals surface area contributed by atoms with Gasteiger partial charge >= 0.3 is 0 Å². The highest BCUT2D eigenvalue weighted by molar-refractivity contribution is 7.08. The van der Waals surface area contributed by atoms with Crippen LogP contribution in [0.15, 0.2) is 53.7 Å². The molecule has 0 unspecified atom stereocenters. The summed E-state index contributed by atoms with van der Waals surface area (Å²) in [6, 6.07) is 5.84. The molecule has 0 spiro atoms. The Hall–Kier alpha value is -4.02. The van der Waals surface area contributed by atoms with Crippen LogP contribution in [0.4, 0.5) is 4.39 Å². The number of hydrogen-bond acceptors (Lipinski definition) is 7. The smallest absolute Gasteiger partial charge is 0.161 e. The van der Waals surface area contributed by atoms with Gasteiger partial charge in [-0.2, -0.15) is 16.4 Å². The summed E-state index contributed by atoms with van der Waals surface area (Å²) >= 11 is 1.60. The summed E-state index contributed by atoms with van der Waals surface area (Å²) in [5.74, 6) is 0.0192. The molecular formula is C26H21FN8S. The number of aromatic amines is 2. The third-order valence-electron chi connectivity index (χ3n) is 6.64. The molecule has 0 aliphatic carbocycles. The van der Waals surface area contributed by atoms with E-state index >= 15 is 4.39 Å². The second-order valence-corrected chi connectivity index (χ2v) is 9.78. The third-order valence-corrected chi connectivity index (χ3v) is 7.32. The van der Waals surface area contributed by atoms with Crippen LogP contribution in [0.1, 0.15) is 18.4 Å². The SMILES string of the molecule is Fc1c(-c2cncc(CN3CCCC3)c2)ncc2[nH]nc(-c3nc4c(-c5ccsc5)nccc4[nH]3)c12. The highest BCUT2D eigenvalue weighted by atomic mass is 32.1. The number of hydrogen-bond donors (Lipinski definition) is 2. The van der Waals surface area contributed by atoms with Crippen molar-refractivity contribution in [3.8, 4) is 34.0 Å². The van der Waals surface area contributed by atoms with Gasteiger partial charge in [0.1, 0.15) is 16.9 Å². The average molecular weight is 497 g/mol. The van der Waals surface area contributed by atoms with E-state index < -0.39 is 5.82 Å². The topological polar surface area (TPSA) is 99.3 Å². The van der Waals surface area contributed by atoms with Crippen LogP contribution < -0.4 is 0 Å². The van der Waals surface area contributed by atoms with Gasteiger partial charge in [-0.05, 0) is 55.1 Å². The highest BCUT2D eigenvalue weighted by Crippen LogP contribution is 2.34. The minimum absolute atomic E-state index is 0.248. The van der Waals surface area contributed by atoms with Gasteiger partial charge in [0.25, 0.3) is 0 Å². The summed E-state index contributed by atoms with van der Waals surface area (Å²) < 4.78 is 16.0. The largest absolute Gasteiger partial charge is 0.336 e. The van der Waals surface area contributed by atoms with E-state index in [9.17, 15) is 0 Å². The van der Waals surface area contributed by atoms with Gasteiger partial charge in [-0.15, -0.1) is 0 Å². The molecule has 7 heterocycles. The first-order valence-electron chi connectivity index (χ1n) is 11.8. The minimum Gasteiger partial charge on any atom is -0.336 e. The molecule has 0 atom stereocenters. The summed E-state index contributed by atoms with van der Waals surface area (Å²) in [6.07, 6.45) is 9.29. The molecule has 1 saturated heterocycles. The average Bonchev–Trinajstić information content (AvgIpc) is 3.70. The zero-order valence-electron chi connectivity index (χ0n) is 19.2. The van der Waals surface area contributed by atoms with Crippen LogP contribution in [0.25, 0.3) is 56.0 Å². The molecule has 36 heavy (non-hydrogen) atoms. The molecule has 7 rings (SSSR count).